The van der Waals surface area contributed by atoms with E-state index in [2.05, 4.69) is 5.32 Å². The van der Waals surface area contributed by atoms with Crippen molar-refractivity contribution in [2.24, 2.45) is 0 Å². The first-order valence-corrected chi connectivity index (χ1v) is 3.54. The fraction of sp³-hybridized carbons (Fsp3) is 0.250. The molecular weight excluding hydrogens is 176 g/mol. The molecule has 1 aromatic rings. The fourth-order valence-electron chi connectivity index (χ4n) is 0.849. The van der Waals surface area contributed by atoms with E-state index in [0.717, 1.165) is 5.69 Å². The van der Waals surface area contributed by atoms with Crippen LogP contribution < -0.4 is 11.1 Å². The van der Waals surface area contributed by atoms with Crippen molar-refractivity contribution in [1.82, 2.24) is 0 Å². The lowest BCUT2D eigenvalue weighted by Crippen LogP contribution is -2.06. The predicted octanol–water partition coefficient (Wildman–Crippen LogP) is 1.09. The van der Waals surface area contributed by atoms with Crippen LogP contribution in [0.5, 0.6) is 0 Å². The molecule has 4 N–H and O–H groups in total. The number of benzene rings is 1. The Labute approximate surface area is 78.0 Å². The van der Waals surface area contributed by atoms with Crippen molar-refractivity contribution in [1.29, 1.82) is 0 Å². The summed E-state index contributed by atoms with van der Waals surface area (Å²) in [5.41, 5.74) is 7.20. The Morgan fingerprint density at radius 3 is 2.58 bits per heavy atom. The van der Waals surface area contributed by atoms with Gasteiger partial charge in [-0.3, -0.25) is 0 Å². The van der Waals surface area contributed by atoms with Crippen LogP contribution in [0.4, 0.5) is 11.4 Å². The molecule has 3 nitrogen and oxygen atoms in total. The molecule has 1 rings (SSSR count). The minimum atomic E-state index is 0. The number of hydrogen-bond acceptors (Lipinski definition) is 3. The van der Waals surface area contributed by atoms with Crippen molar-refractivity contribution < 1.29 is 5.11 Å². The normalized spacial score (nSPS) is 8.75. The largest absolute Gasteiger partial charge is 0.397 e. The average molecular weight is 189 g/mol. The molecule has 0 fully saturated rings. The second-order valence-electron chi connectivity index (χ2n) is 2.24. The summed E-state index contributed by atoms with van der Waals surface area (Å²) < 4.78 is 0. The van der Waals surface area contributed by atoms with Crippen LogP contribution in [0, 0.1) is 0 Å². The van der Waals surface area contributed by atoms with Crippen LogP contribution in [0.25, 0.3) is 0 Å². The van der Waals surface area contributed by atoms with Crippen LogP contribution in [0.3, 0.4) is 0 Å². The fourth-order valence-corrected chi connectivity index (χ4v) is 0.849. The monoisotopic (exact) mass is 188 g/mol. The first-order chi connectivity index (χ1) is 5.34. The number of nitrogens with two attached hydrogens (primary N) is 1. The van der Waals surface area contributed by atoms with Gasteiger partial charge in [-0.05, 0) is 12.1 Å². The van der Waals surface area contributed by atoms with E-state index >= 15 is 0 Å². The molecular formula is C8H13ClN2O. The smallest absolute Gasteiger partial charge is 0.0604 e. The van der Waals surface area contributed by atoms with E-state index in [-0.39, 0.29) is 19.0 Å². The van der Waals surface area contributed by atoms with Crippen molar-refractivity contribution >= 4 is 23.8 Å². The molecule has 12 heavy (non-hydrogen) atoms. The van der Waals surface area contributed by atoms with Crippen molar-refractivity contribution in [2.75, 3.05) is 24.2 Å². The maximum Gasteiger partial charge on any atom is 0.0604 e. The van der Waals surface area contributed by atoms with Gasteiger partial charge in [-0.2, -0.15) is 0 Å². The van der Waals surface area contributed by atoms with Gasteiger partial charge in [-0.25, -0.2) is 0 Å². The van der Waals surface area contributed by atoms with Gasteiger partial charge in [0.25, 0.3) is 0 Å². The number of aliphatic hydroxyl groups excluding tert-OH is 1. The molecule has 0 saturated heterocycles. The number of halogens is 1. The van der Waals surface area contributed by atoms with E-state index in [1.54, 1.807) is 0 Å². The Balaban J connectivity index is 0.00000121. The second-order valence-corrected chi connectivity index (χ2v) is 2.24. The summed E-state index contributed by atoms with van der Waals surface area (Å²) in [4.78, 5) is 0. The highest BCUT2D eigenvalue weighted by Crippen LogP contribution is 2.15. The molecule has 0 aromatic heterocycles. The van der Waals surface area contributed by atoms with Gasteiger partial charge in [0, 0.05) is 6.54 Å². The molecule has 0 aliphatic carbocycles. The highest BCUT2D eigenvalue weighted by molar-refractivity contribution is 5.85. The maximum atomic E-state index is 8.52. The Morgan fingerprint density at radius 2 is 2.00 bits per heavy atom. The maximum absolute atomic E-state index is 8.52. The van der Waals surface area contributed by atoms with E-state index in [4.69, 9.17) is 10.8 Å². The van der Waals surface area contributed by atoms with Crippen LogP contribution in [0.15, 0.2) is 24.3 Å². The molecule has 4 heteroatoms. The van der Waals surface area contributed by atoms with Crippen LogP contribution >= 0.6 is 12.4 Å². The second kappa shape index (κ2) is 5.69. The molecule has 0 aliphatic rings. The molecule has 0 atom stereocenters. The zero-order valence-corrected chi connectivity index (χ0v) is 7.47. The molecule has 0 bridgehead atoms. The van der Waals surface area contributed by atoms with Gasteiger partial charge in [0.15, 0.2) is 0 Å². The van der Waals surface area contributed by atoms with Crippen molar-refractivity contribution in [3.63, 3.8) is 0 Å². The molecule has 0 radical (unpaired) electrons. The highest BCUT2D eigenvalue weighted by atomic mass is 35.5. The van der Waals surface area contributed by atoms with E-state index in [1.165, 1.54) is 0 Å². The molecule has 0 spiro atoms. The van der Waals surface area contributed by atoms with Gasteiger partial charge in [0.1, 0.15) is 0 Å². The average Bonchev–Trinajstić information content (AvgIpc) is 2.03. The SMILES string of the molecule is Cl.Nc1ccccc1NCCO. The summed E-state index contributed by atoms with van der Waals surface area (Å²) in [6, 6.07) is 7.47. The first kappa shape index (κ1) is 11.1. The molecule has 0 amide bonds. The molecule has 0 saturated carbocycles. The summed E-state index contributed by atoms with van der Waals surface area (Å²) in [5, 5.41) is 11.5. The Bertz CT molecular complexity index is 230. The molecule has 0 unspecified atom stereocenters. The minimum absolute atomic E-state index is 0. The van der Waals surface area contributed by atoms with Gasteiger partial charge in [0.05, 0.1) is 18.0 Å². The van der Waals surface area contributed by atoms with Crippen molar-refractivity contribution in [3.8, 4) is 0 Å². The van der Waals surface area contributed by atoms with E-state index in [9.17, 15) is 0 Å². The third-order valence-electron chi connectivity index (χ3n) is 1.39. The molecule has 0 heterocycles. The predicted molar refractivity (Wildman–Crippen MR) is 53.7 cm³/mol. The zero-order chi connectivity index (χ0) is 8.10. The Kier molecular flexibility index (Phi) is 5.25. The first-order valence-electron chi connectivity index (χ1n) is 3.54. The van der Waals surface area contributed by atoms with E-state index in [1.807, 2.05) is 24.3 Å². The topological polar surface area (TPSA) is 58.3 Å². The third kappa shape index (κ3) is 2.98. The summed E-state index contributed by atoms with van der Waals surface area (Å²) in [6.07, 6.45) is 0. The van der Waals surface area contributed by atoms with Crippen molar-refractivity contribution in [2.45, 2.75) is 0 Å². The highest BCUT2D eigenvalue weighted by Gasteiger charge is 1.93. The quantitative estimate of drug-likeness (QED) is 0.623. The van der Waals surface area contributed by atoms with Crippen LogP contribution in [0.2, 0.25) is 0 Å². The van der Waals surface area contributed by atoms with Crippen molar-refractivity contribution in [3.05, 3.63) is 24.3 Å². The van der Waals surface area contributed by atoms with Crippen LogP contribution in [0.1, 0.15) is 0 Å². The number of nitrogen functional groups attached to an aromatic ring is 1. The van der Waals surface area contributed by atoms with Gasteiger partial charge in [0.2, 0.25) is 0 Å². The summed E-state index contributed by atoms with van der Waals surface area (Å²) in [5.74, 6) is 0. The van der Waals surface area contributed by atoms with Gasteiger partial charge in [-0.15, -0.1) is 12.4 Å². The summed E-state index contributed by atoms with van der Waals surface area (Å²) >= 11 is 0. The molecule has 68 valence electrons. The van der Waals surface area contributed by atoms with E-state index in [0.29, 0.717) is 12.2 Å². The van der Waals surface area contributed by atoms with Crippen LogP contribution in [-0.2, 0) is 0 Å². The number of rotatable bonds is 3. The number of anilines is 2. The lowest BCUT2D eigenvalue weighted by molar-refractivity contribution is 0.311. The lowest BCUT2D eigenvalue weighted by atomic mass is 10.3. The Morgan fingerprint density at radius 1 is 1.33 bits per heavy atom. The minimum Gasteiger partial charge on any atom is -0.397 e. The number of hydrogen-bond donors (Lipinski definition) is 3. The van der Waals surface area contributed by atoms with Gasteiger partial charge in [-0.1, -0.05) is 12.1 Å². The molecule has 1 aromatic carbocycles. The van der Waals surface area contributed by atoms with Gasteiger partial charge >= 0.3 is 0 Å². The number of aliphatic hydroxyl groups is 1. The third-order valence-corrected chi connectivity index (χ3v) is 1.39. The lowest BCUT2D eigenvalue weighted by Gasteiger charge is -2.06. The Hall–Kier alpha value is -0.930. The van der Waals surface area contributed by atoms with Crippen LogP contribution in [-0.4, -0.2) is 18.3 Å². The summed E-state index contributed by atoms with van der Waals surface area (Å²) in [6.45, 7) is 0.655. The zero-order valence-electron chi connectivity index (χ0n) is 6.66. The molecule has 0 aliphatic heterocycles. The number of nitrogens with one attached hydrogen (secondary N) is 1. The summed E-state index contributed by atoms with van der Waals surface area (Å²) in [7, 11) is 0. The standard InChI is InChI=1S/C8H12N2O.ClH/c9-7-3-1-2-4-8(7)10-5-6-11;/h1-4,10-11H,5-6,9H2;1H. The van der Waals surface area contributed by atoms with Gasteiger partial charge < -0.3 is 16.2 Å². The van der Waals surface area contributed by atoms with E-state index < -0.39 is 0 Å². The number of para-hydroxylation sites is 2.